The van der Waals surface area contributed by atoms with Crippen molar-refractivity contribution in [1.29, 1.82) is 0 Å². The topological polar surface area (TPSA) is 77.5 Å². The summed E-state index contributed by atoms with van der Waals surface area (Å²) in [5.41, 5.74) is 7.52. The molecule has 0 aliphatic carbocycles. The Bertz CT molecular complexity index is 775. The maximum atomic E-state index is 12.2. The number of fused-ring (bicyclic) bond motifs is 1. The predicted molar refractivity (Wildman–Crippen MR) is 81.6 cm³/mol. The van der Waals surface area contributed by atoms with Gasteiger partial charge in [-0.1, -0.05) is 18.2 Å². The van der Waals surface area contributed by atoms with E-state index in [4.69, 9.17) is 14.9 Å². The molecule has 3 rings (SSSR count). The molecule has 0 saturated heterocycles. The van der Waals surface area contributed by atoms with E-state index in [1.165, 1.54) is 7.11 Å². The van der Waals surface area contributed by atoms with Crippen LogP contribution in [-0.4, -0.2) is 13.0 Å². The minimum Gasteiger partial charge on any atom is -0.495 e. The highest BCUT2D eigenvalue weighted by Gasteiger charge is 2.13. The Hall–Kier alpha value is -2.95. The first-order valence-corrected chi connectivity index (χ1v) is 6.41. The maximum Gasteiger partial charge on any atom is 0.291 e. The zero-order valence-corrected chi connectivity index (χ0v) is 11.4. The first-order valence-electron chi connectivity index (χ1n) is 6.41. The summed E-state index contributed by atoms with van der Waals surface area (Å²) in [6.07, 6.45) is 0. The van der Waals surface area contributed by atoms with Crippen LogP contribution in [0.3, 0.4) is 0 Å². The summed E-state index contributed by atoms with van der Waals surface area (Å²) in [7, 11) is 1.52. The van der Waals surface area contributed by atoms with Gasteiger partial charge in [0.25, 0.3) is 5.91 Å². The number of amides is 1. The summed E-state index contributed by atoms with van der Waals surface area (Å²) in [6.45, 7) is 0. The third-order valence-corrected chi connectivity index (χ3v) is 3.14. The molecule has 0 aliphatic rings. The van der Waals surface area contributed by atoms with Crippen LogP contribution in [0.5, 0.6) is 5.75 Å². The lowest BCUT2D eigenvalue weighted by Crippen LogP contribution is -2.11. The monoisotopic (exact) mass is 282 g/mol. The fraction of sp³-hybridized carbons (Fsp3) is 0.0625. The number of hydrogen-bond donors (Lipinski definition) is 2. The maximum absolute atomic E-state index is 12.2. The Morgan fingerprint density at radius 1 is 1.19 bits per heavy atom. The molecule has 0 spiro atoms. The average Bonchev–Trinajstić information content (AvgIpc) is 2.93. The molecule has 0 atom stereocenters. The van der Waals surface area contributed by atoms with Gasteiger partial charge in [0.05, 0.1) is 12.8 Å². The van der Waals surface area contributed by atoms with Crippen LogP contribution in [0.1, 0.15) is 10.6 Å². The molecule has 2 aromatic carbocycles. The molecule has 1 heterocycles. The van der Waals surface area contributed by atoms with E-state index in [0.717, 1.165) is 5.39 Å². The quantitative estimate of drug-likeness (QED) is 0.723. The van der Waals surface area contributed by atoms with Crippen LogP contribution in [0.15, 0.2) is 52.9 Å². The van der Waals surface area contributed by atoms with Crippen molar-refractivity contribution in [2.45, 2.75) is 0 Å². The van der Waals surface area contributed by atoms with Crippen molar-refractivity contribution < 1.29 is 13.9 Å². The minimum absolute atomic E-state index is 0.256. The van der Waals surface area contributed by atoms with E-state index >= 15 is 0 Å². The third-order valence-electron chi connectivity index (χ3n) is 3.14. The summed E-state index contributed by atoms with van der Waals surface area (Å²) in [5.74, 6) is 0.447. The summed E-state index contributed by atoms with van der Waals surface area (Å²) in [5, 5.41) is 3.64. The van der Waals surface area contributed by atoms with Crippen molar-refractivity contribution in [2.75, 3.05) is 18.2 Å². The van der Waals surface area contributed by atoms with Gasteiger partial charge in [0.1, 0.15) is 11.3 Å². The van der Waals surface area contributed by atoms with Crippen molar-refractivity contribution in [1.82, 2.24) is 0 Å². The van der Waals surface area contributed by atoms with Crippen molar-refractivity contribution in [3.05, 3.63) is 54.3 Å². The number of anilines is 2. The molecule has 21 heavy (non-hydrogen) atoms. The lowest BCUT2D eigenvalue weighted by atomic mass is 10.2. The summed E-state index contributed by atoms with van der Waals surface area (Å²) >= 11 is 0. The molecule has 1 aromatic heterocycles. The van der Waals surface area contributed by atoms with Gasteiger partial charge in [-0.25, -0.2) is 0 Å². The summed E-state index contributed by atoms with van der Waals surface area (Å²) < 4.78 is 10.6. The van der Waals surface area contributed by atoms with Crippen molar-refractivity contribution in [3.8, 4) is 5.75 Å². The molecule has 0 bridgehead atoms. The van der Waals surface area contributed by atoms with Gasteiger partial charge >= 0.3 is 0 Å². The largest absolute Gasteiger partial charge is 0.495 e. The van der Waals surface area contributed by atoms with Crippen molar-refractivity contribution >= 4 is 28.3 Å². The van der Waals surface area contributed by atoms with Crippen LogP contribution in [0.25, 0.3) is 11.0 Å². The summed E-state index contributed by atoms with van der Waals surface area (Å²) in [6, 6.07) is 14.2. The molecule has 3 N–H and O–H groups in total. The first-order chi connectivity index (χ1) is 10.2. The lowest BCUT2D eigenvalue weighted by molar-refractivity contribution is 0.0998. The molecule has 0 saturated carbocycles. The molecule has 0 aliphatic heterocycles. The molecule has 106 valence electrons. The lowest BCUT2D eigenvalue weighted by Gasteiger charge is -2.08. The number of carbonyl (C=O) groups is 1. The molecule has 0 unspecified atom stereocenters. The molecular formula is C16H14N2O3. The highest BCUT2D eigenvalue weighted by atomic mass is 16.5. The van der Waals surface area contributed by atoms with Crippen LogP contribution in [-0.2, 0) is 0 Å². The Morgan fingerprint density at radius 3 is 2.76 bits per heavy atom. The number of hydrogen-bond acceptors (Lipinski definition) is 4. The Balaban J connectivity index is 1.85. The molecule has 1 amide bonds. The van der Waals surface area contributed by atoms with E-state index in [1.54, 1.807) is 24.3 Å². The van der Waals surface area contributed by atoms with Gasteiger partial charge in [0.15, 0.2) is 5.76 Å². The number of nitrogen functional groups attached to an aromatic ring is 1. The number of nitrogens with one attached hydrogen (secondary N) is 1. The van der Waals surface area contributed by atoms with E-state index in [-0.39, 0.29) is 11.7 Å². The van der Waals surface area contributed by atoms with Gasteiger partial charge in [-0.2, -0.15) is 0 Å². The van der Waals surface area contributed by atoms with Gasteiger partial charge in [0, 0.05) is 17.1 Å². The SMILES string of the molecule is COc1cc(NC(=O)c2cc3ccccc3o2)ccc1N. The van der Waals surface area contributed by atoms with E-state index in [2.05, 4.69) is 5.32 Å². The van der Waals surface area contributed by atoms with Crippen LogP contribution < -0.4 is 15.8 Å². The Kier molecular flexibility index (Phi) is 3.23. The van der Waals surface area contributed by atoms with Crippen LogP contribution in [0.2, 0.25) is 0 Å². The predicted octanol–water partition coefficient (Wildman–Crippen LogP) is 3.28. The fourth-order valence-corrected chi connectivity index (χ4v) is 2.08. The zero-order valence-electron chi connectivity index (χ0n) is 11.4. The molecule has 5 heteroatoms. The normalized spacial score (nSPS) is 10.5. The fourth-order valence-electron chi connectivity index (χ4n) is 2.08. The molecule has 5 nitrogen and oxygen atoms in total. The third kappa shape index (κ3) is 2.53. The van der Waals surface area contributed by atoms with Gasteiger partial charge in [-0.3, -0.25) is 4.79 Å². The molecule has 0 fully saturated rings. The number of carbonyl (C=O) groups excluding carboxylic acids is 1. The number of para-hydroxylation sites is 1. The van der Waals surface area contributed by atoms with Gasteiger partial charge in [0.2, 0.25) is 0 Å². The smallest absolute Gasteiger partial charge is 0.291 e. The second-order valence-corrected chi connectivity index (χ2v) is 4.56. The Morgan fingerprint density at radius 2 is 2.00 bits per heavy atom. The molecule has 0 radical (unpaired) electrons. The van der Waals surface area contributed by atoms with E-state index < -0.39 is 0 Å². The highest BCUT2D eigenvalue weighted by Crippen LogP contribution is 2.26. The average molecular weight is 282 g/mol. The van der Waals surface area contributed by atoms with Gasteiger partial charge < -0.3 is 20.2 Å². The van der Waals surface area contributed by atoms with Gasteiger partial charge in [-0.05, 0) is 24.3 Å². The Labute approximate surface area is 121 Å². The minimum atomic E-state index is -0.321. The van der Waals surface area contributed by atoms with Crippen molar-refractivity contribution in [3.63, 3.8) is 0 Å². The number of nitrogens with two attached hydrogens (primary N) is 1. The second kappa shape index (κ2) is 5.20. The zero-order chi connectivity index (χ0) is 14.8. The van der Waals surface area contributed by atoms with Crippen LogP contribution in [0.4, 0.5) is 11.4 Å². The van der Waals surface area contributed by atoms with Crippen LogP contribution >= 0.6 is 0 Å². The second-order valence-electron chi connectivity index (χ2n) is 4.56. The number of methoxy groups -OCH3 is 1. The van der Waals surface area contributed by atoms with Crippen molar-refractivity contribution in [2.24, 2.45) is 0 Å². The van der Waals surface area contributed by atoms with Crippen LogP contribution in [0, 0.1) is 0 Å². The number of rotatable bonds is 3. The number of benzene rings is 2. The van der Waals surface area contributed by atoms with E-state index in [0.29, 0.717) is 22.7 Å². The van der Waals surface area contributed by atoms with Gasteiger partial charge in [-0.15, -0.1) is 0 Å². The molecule has 3 aromatic rings. The first kappa shape index (κ1) is 13.1. The summed E-state index contributed by atoms with van der Waals surface area (Å²) in [4.78, 5) is 12.2. The number of ether oxygens (including phenoxy) is 1. The highest BCUT2D eigenvalue weighted by molar-refractivity contribution is 6.04. The standard InChI is InChI=1S/C16H14N2O3/c1-20-14-9-11(6-7-12(14)17)18-16(19)15-8-10-4-2-3-5-13(10)21-15/h2-9H,17H2,1H3,(H,18,19). The van der Waals surface area contributed by atoms with E-state index in [1.807, 2.05) is 24.3 Å². The number of furan rings is 1. The molecular weight excluding hydrogens is 268 g/mol. The van der Waals surface area contributed by atoms with E-state index in [9.17, 15) is 4.79 Å².